The lowest BCUT2D eigenvalue weighted by molar-refractivity contribution is 0.580. The molecule has 0 spiro atoms. The molecule has 19 heavy (non-hydrogen) atoms. The third kappa shape index (κ3) is 3.63. The summed E-state index contributed by atoms with van der Waals surface area (Å²) in [4.78, 5) is 4.34. The van der Waals surface area contributed by atoms with Crippen LogP contribution in [0, 0.1) is 0 Å². The van der Waals surface area contributed by atoms with Gasteiger partial charge in [-0.2, -0.15) is 0 Å². The molecule has 3 N–H and O–H groups in total. The average Bonchev–Trinajstić information content (AvgIpc) is 2.38. The summed E-state index contributed by atoms with van der Waals surface area (Å²) in [5, 5.41) is 0.805. The summed E-state index contributed by atoms with van der Waals surface area (Å²) in [5.41, 5.74) is 5.83. The van der Waals surface area contributed by atoms with Gasteiger partial charge < -0.3 is 5.73 Å². The maximum atomic E-state index is 12.1. The van der Waals surface area contributed by atoms with E-state index in [-0.39, 0.29) is 17.3 Å². The van der Waals surface area contributed by atoms with Crippen LogP contribution in [0.3, 0.4) is 0 Å². The topological polar surface area (TPSA) is 85.1 Å². The van der Waals surface area contributed by atoms with Crippen molar-refractivity contribution < 1.29 is 8.42 Å². The van der Waals surface area contributed by atoms with Crippen molar-refractivity contribution in [2.75, 3.05) is 13.1 Å². The largest absolute Gasteiger partial charge is 0.330 e. The molecule has 0 unspecified atom stereocenters. The van der Waals surface area contributed by atoms with Crippen molar-refractivity contribution in [2.24, 2.45) is 5.73 Å². The van der Waals surface area contributed by atoms with Gasteiger partial charge >= 0.3 is 0 Å². The Morgan fingerprint density at radius 3 is 2.68 bits per heavy atom. The molecule has 1 aromatic heterocycles. The minimum atomic E-state index is -3.53. The Hall–Kier alpha value is -1.21. The molecule has 0 radical (unpaired) electrons. The number of nitrogens with one attached hydrogen (secondary N) is 1. The van der Waals surface area contributed by atoms with Crippen molar-refractivity contribution in [3.63, 3.8) is 0 Å². The van der Waals surface area contributed by atoms with E-state index in [1.165, 1.54) is 0 Å². The first-order valence-corrected chi connectivity index (χ1v) is 7.17. The van der Waals surface area contributed by atoms with Gasteiger partial charge in [-0.15, -0.1) is 12.4 Å². The van der Waals surface area contributed by atoms with Crippen molar-refractivity contribution in [1.29, 1.82) is 0 Å². The number of para-hydroxylation sites is 1. The molecule has 0 aliphatic heterocycles. The Morgan fingerprint density at radius 2 is 1.95 bits per heavy atom. The summed E-state index contributed by atoms with van der Waals surface area (Å²) >= 11 is 0. The summed E-state index contributed by atoms with van der Waals surface area (Å²) in [6, 6.07) is 8.71. The van der Waals surface area contributed by atoms with E-state index in [1.807, 2.05) is 12.1 Å². The number of nitrogens with zero attached hydrogens (tertiary/aromatic N) is 1. The average molecular weight is 302 g/mol. The second-order valence-corrected chi connectivity index (χ2v) is 5.61. The molecule has 2 aromatic rings. The second-order valence-electron chi connectivity index (χ2n) is 3.87. The van der Waals surface area contributed by atoms with Crippen LogP contribution in [0.5, 0.6) is 0 Å². The van der Waals surface area contributed by atoms with Crippen LogP contribution in [-0.4, -0.2) is 26.5 Å². The molecule has 1 aromatic carbocycles. The number of benzene rings is 1. The van der Waals surface area contributed by atoms with Gasteiger partial charge in [-0.3, -0.25) is 4.98 Å². The lowest BCUT2D eigenvalue weighted by Crippen LogP contribution is -2.26. The van der Waals surface area contributed by atoms with Crippen LogP contribution in [0.15, 0.2) is 41.4 Å². The lowest BCUT2D eigenvalue weighted by atomic mass is 10.2. The maximum Gasteiger partial charge on any atom is 0.242 e. The zero-order valence-corrected chi connectivity index (χ0v) is 11.9. The Bertz CT molecular complexity index is 641. The molecular weight excluding hydrogens is 286 g/mol. The molecule has 0 aliphatic rings. The van der Waals surface area contributed by atoms with Gasteiger partial charge in [0.1, 0.15) is 4.90 Å². The van der Waals surface area contributed by atoms with E-state index in [0.717, 1.165) is 5.39 Å². The van der Waals surface area contributed by atoms with Crippen molar-refractivity contribution in [2.45, 2.75) is 11.3 Å². The van der Waals surface area contributed by atoms with Crippen LogP contribution in [0.4, 0.5) is 0 Å². The Morgan fingerprint density at radius 1 is 1.21 bits per heavy atom. The Kier molecular flexibility index (Phi) is 5.68. The van der Waals surface area contributed by atoms with E-state index in [2.05, 4.69) is 9.71 Å². The molecule has 0 atom stereocenters. The minimum Gasteiger partial charge on any atom is -0.330 e. The molecular formula is C12H16ClN3O2S. The van der Waals surface area contributed by atoms with Crippen molar-refractivity contribution in [3.8, 4) is 0 Å². The summed E-state index contributed by atoms with van der Waals surface area (Å²) in [6.07, 6.45) is 2.19. The van der Waals surface area contributed by atoms with Crippen LogP contribution in [-0.2, 0) is 10.0 Å². The fourth-order valence-corrected chi connectivity index (χ4v) is 2.93. The van der Waals surface area contributed by atoms with E-state index < -0.39 is 10.0 Å². The molecule has 0 amide bonds. The molecule has 2 rings (SSSR count). The maximum absolute atomic E-state index is 12.1. The van der Waals surface area contributed by atoms with Crippen LogP contribution in [0.1, 0.15) is 6.42 Å². The highest BCUT2D eigenvalue weighted by atomic mass is 35.5. The Balaban J connectivity index is 0.00000180. The number of aromatic nitrogens is 1. The molecule has 0 fully saturated rings. The van der Waals surface area contributed by atoms with Gasteiger partial charge in [0.25, 0.3) is 0 Å². The summed E-state index contributed by atoms with van der Waals surface area (Å²) in [6.45, 7) is 0.790. The fourth-order valence-electron chi connectivity index (χ4n) is 1.68. The first-order valence-electron chi connectivity index (χ1n) is 5.68. The highest BCUT2D eigenvalue weighted by Crippen LogP contribution is 2.20. The Labute approximate surface area is 118 Å². The van der Waals surface area contributed by atoms with Gasteiger partial charge in [0, 0.05) is 18.1 Å². The van der Waals surface area contributed by atoms with E-state index >= 15 is 0 Å². The van der Waals surface area contributed by atoms with E-state index in [4.69, 9.17) is 5.73 Å². The predicted octanol–water partition coefficient (Wildman–Crippen LogP) is 1.28. The third-order valence-electron chi connectivity index (χ3n) is 2.56. The number of hydrogen-bond donors (Lipinski definition) is 2. The molecule has 1 heterocycles. The van der Waals surface area contributed by atoms with Crippen LogP contribution >= 0.6 is 12.4 Å². The number of hydrogen-bond acceptors (Lipinski definition) is 4. The van der Waals surface area contributed by atoms with E-state index in [1.54, 1.807) is 24.4 Å². The number of fused-ring (bicyclic) bond motifs is 1. The first kappa shape index (κ1) is 15.8. The predicted molar refractivity (Wildman–Crippen MR) is 77.9 cm³/mol. The quantitative estimate of drug-likeness (QED) is 0.815. The van der Waals surface area contributed by atoms with Crippen LogP contribution in [0.2, 0.25) is 0 Å². The van der Waals surface area contributed by atoms with Gasteiger partial charge in [0.2, 0.25) is 10.0 Å². The SMILES string of the molecule is Cl.NCCCNS(=O)(=O)c1cccc2cccnc12. The monoisotopic (exact) mass is 301 g/mol. The van der Waals surface area contributed by atoms with E-state index in [0.29, 0.717) is 25.0 Å². The number of pyridine rings is 1. The zero-order chi connectivity index (χ0) is 13.0. The smallest absolute Gasteiger partial charge is 0.242 e. The highest BCUT2D eigenvalue weighted by Gasteiger charge is 2.16. The van der Waals surface area contributed by atoms with Gasteiger partial charge in [-0.05, 0) is 25.1 Å². The normalized spacial score (nSPS) is 11.2. The summed E-state index contributed by atoms with van der Waals surface area (Å²) in [7, 11) is -3.53. The van der Waals surface area contributed by atoms with E-state index in [9.17, 15) is 8.42 Å². The van der Waals surface area contributed by atoms with Crippen LogP contribution < -0.4 is 10.5 Å². The molecule has 0 aliphatic carbocycles. The van der Waals surface area contributed by atoms with Crippen molar-refractivity contribution in [1.82, 2.24) is 9.71 Å². The third-order valence-corrected chi connectivity index (χ3v) is 4.05. The number of rotatable bonds is 5. The summed E-state index contributed by atoms with van der Waals surface area (Å²) in [5.74, 6) is 0. The van der Waals surface area contributed by atoms with Gasteiger partial charge in [-0.25, -0.2) is 13.1 Å². The molecule has 0 saturated heterocycles. The molecule has 104 valence electrons. The summed E-state index contributed by atoms with van der Waals surface area (Å²) < 4.78 is 26.8. The molecule has 0 bridgehead atoms. The fraction of sp³-hybridized carbons (Fsp3) is 0.250. The first-order chi connectivity index (χ1) is 8.65. The van der Waals surface area contributed by atoms with Crippen molar-refractivity contribution >= 4 is 33.3 Å². The van der Waals surface area contributed by atoms with Gasteiger partial charge in [-0.1, -0.05) is 18.2 Å². The molecule has 7 heteroatoms. The van der Waals surface area contributed by atoms with Crippen LogP contribution in [0.25, 0.3) is 10.9 Å². The number of sulfonamides is 1. The molecule has 5 nitrogen and oxygen atoms in total. The number of nitrogens with two attached hydrogens (primary N) is 1. The highest BCUT2D eigenvalue weighted by molar-refractivity contribution is 7.89. The minimum absolute atomic E-state index is 0. The number of halogens is 1. The lowest BCUT2D eigenvalue weighted by Gasteiger charge is -2.08. The zero-order valence-electron chi connectivity index (χ0n) is 10.2. The van der Waals surface area contributed by atoms with Gasteiger partial charge in [0.05, 0.1) is 5.52 Å². The second kappa shape index (κ2) is 6.81. The van der Waals surface area contributed by atoms with Gasteiger partial charge in [0.15, 0.2) is 0 Å². The molecule has 0 saturated carbocycles. The van der Waals surface area contributed by atoms with Crippen molar-refractivity contribution in [3.05, 3.63) is 36.5 Å². The standard InChI is InChI=1S/C12H15N3O2S.ClH/c13-7-3-9-15-18(16,17)11-6-1-4-10-5-2-8-14-12(10)11;/h1-2,4-6,8,15H,3,7,9,13H2;1H.